The largest absolute Gasteiger partial charge is 0.319 e. The molecule has 3 heteroatoms. The van der Waals surface area contributed by atoms with Crippen molar-refractivity contribution in [1.29, 1.82) is 0 Å². The maximum Gasteiger partial charge on any atom is 0.0624 e. The topological polar surface area (TPSA) is 12.0 Å². The third-order valence-electron chi connectivity index (χ3n) is 4.30. The SMILES string of the molecule is CNCC1CCCCCC1Cc1cccc(Cl)c1Cl. The molecule has 1 aromatic rings. The number of benzene rings is 1. The van der Waals surface area contributed by atoms with Crippen LogP contribution in [0.2, 0.25) is 10.0 Å². The Bertz CT molecular complexity index is 406. The van der Waals surface area contributed by atoms with Crippen LogP contribution in [0.4, 0.5) is 0 Å². The van der Waals surface area contributed by atoms with E-state index in [0.29, 0.717) is 5.02 Å². The molecule has 1 aliphatic carbocycles. The van der Waals surface area contributed by atoms with Crippen LogP contribution in [0.15, 0.2) is 18.2 Å². The molecule has 0 heterocycles. The van der Waals surface area contributed by atoms with Gasteiger partial charge in [0.15, 0.2) is 0 Å². The van der Waals surface area contributed by atoms with Gasteiger partial charge in [0.05, 0.1) is 10.0 Å². The molecular weight excluding hydrogens is 277 g/mol. The van der Waals surface area contributed by atoms with Crippen molar-refractivity contribution < 1.29 is 0 Å². The molecule has 0 amide bonds. The van der Waals surface area contributed by atoms with Crippen molar-refractivity contribution in [3.05, 3.63) is 33.8 Å². The van der Waals surface area contributed by atoms with E-state index in [4.69, 9.17) is 23.2 Å². The highest BCUT2D eigenvalue weighted by molar-refractivity contribution is 6.42. The van der Waals surface area contributed by atoms with Crippen molar-refractivity contribution in [2.24, 2.45) is 11.8 Å². The van der Waals surface area contributed by atoms with Crippen LogP contribution in [0, 0.1) is 11.8 Å². The molecule has 0 bridgehead atoms. The minimum absolute atomic E-state index is 0.679. The van der Waals surface area contributed by atoms with Gasteiger partial charge in [-0.2, -0.15) is 0 Å². The summed E-state index contributed by atoms with van der Waals surface area (Å²) in [6.07, 6.45) is 7.81. The molecule has 0 spiro atoms. The Kier molecular flexibility index (Phi) is 6.00. The van der Waals surface area contributed by atoms with Gasteiger partial charge in [-0.1, -0.05) is 54.6 Å². The highest BCUT2D eigenvalue weighted by atomic mass is 35.5. The first kappa shape index (κ1) is 15.2. The van der Waals surface area contributed by atoms with Gasteiger partial charge in [0.1, 0.15) is 0 Å². The van der Waals surface area contributed by atoms with E-state index in [1.165, 1.54) is 37.7 Å². The lowest BCUT2D eigenvalue weighted by molar-refractivity contribution is 0.304. The molecule has 0 aliphatic heterocycles. The minimum Gasteiger partial charge on any atom is -0.319 e. The molecule has 19 heavy (non-hydrogen) atoms. The average molecular weight is 300 g/mol. The zero-order chi connectivity index (χ0) is 13.7. The monoisotopic (exact) mass is 299 g/mol. The molecule has 2 rings (SSSR count). The molecule has 2 unspecified atom stereocenters. The van der Waals surface area contributed by atoms with Gasteiger partial charge in [-0.25, -0.2) is 0 Å². The van der Waals surface area contributed by atoms with Crippen LogP contribution in [0.5, 0.6) is 0 Å². The van der Waals surface area contributed by atoms with Gasteiger partial charge in [0.25, 0.3) is 0 Å². The Hall–Kier alpha value is -0.240. The van der Waals surface area contributed by atoms with Crippen molar-refractivity contribution in [2.75, 3.05) is 13.6 Å². The highest BCUT2D eigenvalue weighted by Gasteiger charge is 2.24. The summed E-state index contributed by atoms with van der Waals surface area (Å²) in [7, 11) is 2.05. The van der Waals surface area contributed by atoms with Crippen molar-refractivity contribution in [3.63, 3.8) is 0 Å². The molecular formula is C16H23Cl2N. The van der Waals surface area contributed by atoms with Crippen molar-refractivity contribution in [3.8, 4) is 0 Å². The second-order valence-corrected chi connectivity index (χ2v) is 6.42. The first-order chi connectivity index (χ1) is 9.22. The highest BCUT2D eigenvalue weighted by Crippen LogP contribution is 2.34. The molecule has 2 atom stereocenters. The molecule has 0 saturated heterocycles. The lowest BCUT2D eigenvalue weighted by atomic mass is 9.83. The van der Waals surface area contributed by atoms with Crippen LogP contribution in [0.3, 0.4) is 0 Å². The van der Waals surface area contributed by atoms with E-state index in [2.05, 4.69) is 11.4 Å². The van der Waals surface area contributed by atoms with Crippen molar-refractivity contribution >= 4 is 23.2 Å². The Morgan fingerprint density at radius 2 is 1.84 bits per heavy atom. The molecule has 106 valence electrons. The van der Waals surface area contributed by atoms with Crippen LogP contribution in [0.1, 0.15) is 37.7 Å². The predicted octanol–water partition coefficient (Wildman–Crippen LogP) is 4.95. The van der Waals surface area contributed by atoms with Gasteiger partial charge in [-0.3, -0.25) is 0 Å². The van der Waals surface area contributed by atoms with Gasteiger partial charge in [0, 0.05) is 0 Å². The van der Waals surface area contributed by atoms with E-state index >= 15 is 0 Å². The van der Waals surface area contributed by atoms with Crippen LogP contribution in [-0.4, -0.2) is 13.6 Å². The Labute approximate surface area is 126 Å². The second-order valence-electron chi connectivity index (χ2n) is 5.63. The third kappa shape index (κ3) is 4.11. The Balaban J connectivity index is 2.11. The van der Waals surface area contributed by atoms with Gasteiger partial charge in [0.2, 0.25) is 0 Å². The van der Waals surface area contributed by atoms with E-state index in [9.17, 15) is 0 Å². The molecule has 1 aliphatic rings. The van der Waals surface area contributed by atoms with Crippen LogP contribution < -0.4 is 5.32 Å². The second kappa shape index (κ2) is 7.52. The number of hydrogen-bond acceptors (Lipinski definition) is 1. The molecule has 1 N–H and O–H groups in total. The van der Waals surface area contributed by atoms with Crippen molar-refractivity contribution in [2.45, 2.75) is 38.5 Å². The summed E-state index contributed by atoms with van der Waals surface area (Å²) in [5.74, 6) is 1.49. The minimum atomic E-state index is 0.679. The zero-order valence-corrected chi connectivity index (χ0v) is 13.1. The summed E-state index contributed by atoms with van der Waals surface area (Å²) in [6, 6.07) is 5.99. The standard InChI is InChI=1S/C16H23Cl2N/c1-19-11-14-7-4-2-3-6-12(14)10-13-8-5-9-15(17)16(13)18/h5,8-9,12,14,19H,2-4,6-7,10-11H2,1H3. The molecule has 1 fully saturated rings. The van der Waals surface area contributed by atoms with Crippen LogP contribution >= 0.6 is 23.2 Å². The maximum absolute atomic E-state index is 6.33. The molecule has 0 aromatic heterocycles. The van der Waals surface area contributed by atoms with Crippen LogP contribution in [-0.2, 0) is 6.42 Å². The normalized spacial score (nSPS) is 24.2. The molecule has 0 radical (unpaired) electrons. The molecule has 1 saturated carbocycles. The average Bonchev–Trinajstić information content (AvgIpc) is 2.62. The first-order valence-corrected chi connectivity index (χ1v) is 8.05. The molecule has 1 aromatic carbocycles. The van der Waals surface area contributed by atoms with E-state index in [0.717, 1.165) is 29.8 Å². The summed E-state index contributed by atoms with van der Waals surface area (Å²) in [5, 5.41) is 4.77. The summed E-state index contributed by atoms with van der Waals surface area (Å²) < 4.78 is 0. The Morgan fingerprint density at radius 1 is 1.11 bits per heavy atom. The van der Waals surface area contributed by atoms with Gasteiger partial charge in [-0.05, 0) is 56.3 Å². The fourth-order valence-electron chi connectivity index (χ4n) is 3.25. The number of rotatable bonds is 4. The van der Waals surface area contributed by atoms with Gasteiger partial charge < -0.3 is 5.32 Å². The lowest BCUT2D eigenvalue weighted by Gasteiger charge is -2.25. The Morgan fingerprint density at radius 3 is 2.58 bits per heavy atom. The molecule has 1 nitrogen and oxygen atoms in total. The summed E-state index contributed by atoms with van der Waals surface area (Å²) in [5.41, 5.74) is 1.21. The van der Waals surface area contributed by atoms with E-state index < -0.39 is 0 Å². The third-order valence-corrected chi connectivity index (χ3v) is 5.15. The van der Waals surface area contributed by atoms with E-state index in [-0.39, 0.29) is 0 Å². The fraction of sp³-hybridized carbons (Fsp3) is 0.625. The fourth-order valence-corrected chi connectivity index (χ4v) is 3.65. The van der Waals surface area contributed by atoms with E-state index in [1.54, 1.807) is 0 Å². The zero-order valence-electron chi connectivity index (χ0n) is 11.6. The smallest absolute Gasteiger partial charge is 0.0624 e. The summed E-state index contributed by atoms with van der Waals surface area (Å²) in [4.78, 5) is 0. The summed E-state index contributed by atoms with van der Waals surface area (Å²) in [6.45, 7) is 1.11. The quantitative estimate of drug-likeness (QED) is 0.776. The number of hydrogen-bond donors (Lipinski definition) is 1. The predicted molar refractivity (Wildman–Crippen MR) is 84.2 cm³/mol. The first-order valence-electron chi connectivity index (χ1n) is 7.30. The number of nitrogens with one attached hydrogen (secondary N) is 1. The number of halogens is 2. The summed E-state index contributed by atoms with van der Waals surface area (Å²) >= 11 is 12.4. The van der Waals surface area contributed by atoms with Crippen LogP contribution in [0.25, 0.3) is 0 Å². The lowest BCUT2D eigenvalue weighted by Crippen LogP contribution is -2.26. The van der Waals surface area contributed by atoms with Crippen molar-refractivity contribution in [1.82, 2.24) is 5.32 Å². The maximum atomic E-state index is 6.33. The van der Waals surface area contributed by atoms with Gasteiger partial charge in [-0.15, -0.1) is 0 Å². The van der Waals surface area contributed by atoms with Gasteiger partial charge >= 0.3 is 0 Å². The van der Waals surface area contributed by atoms with E-state index in [1.807, 2.05) is 19.2 Å².